The molecule has 0 spiro atoms. The molecular weight excluding hydrogens is 249 g/mol. The summed E-state index contributed by atoms with van der Waals surface area (Å²) in [6.07, 6.45) is -3.52. The van der Waals surface area contributed by atoms with E-state index in [1.165, 1.54) is 12.1 Å². The van der Waals surface area contributed by atoms with Crippen molar-refractivity contribution in [2.24, 2.45) is 5.92 Å². The summed E-state index contributed by atoms with van der Waals surface area (Å²) in [5.41, 5.74) is -0.395. The van der Waals surface area contributed by atoms with Crippen LogP contribution in [0.25, 0.3) is 0 Å². The molecule has 96 valence electrons. The number of alkyl halides is 3. The third-order valence-corrected chi connectivity index (χ3v) is 3.64. The van der Waals surface area contributed by atoms with Crippen LogP contribution in [0, 0.1) is 5.92 Å². The largest absolute Gasteiger partial charge is 0.416 e. The van der Waals surface area contributed by atoms with E-state index in [-0.39, 0.29) is 22.4 Å². The Balaban J connectivity index is 3.30. The summed E-state index contributed by atoms with van der Waals surface area (Å²) in [5, 5.41) is 0.202. The molecule has 0 aliphatic rings. The number of hydrogen-bond acceptors (Lipinski definition) is 0. The summed E-state index contributed by atoms with van der Waals surface area (Å²) in [5.74, 6) is -0.0404. The van der Waals surface area contributed by atoms with Gasteiger partial charge in [0.2, 0.25) is 0 Å². The van der Waals surface area contributed by atoms with Crippen molar-refractivity contribution in [3.05, 3.63) is 34.3 Å². The summed E-state index contributed by atoms with van der Waals surface area (Å²) in [4.78, 5) is 0. The zero-order valence-corrected chi connectivity index (χ0v) is 10.9. The highest BCUT2D eigenvalue weighted by molar-refractivity contribution is 6.31. The van der Waals surface area contributed by atoms with Crippen LogP contribution in [0.5, 0.6) is 0 Å². The maximum Gasteiger partial charge on any atom is 0.416 e. The molecule has 2 unspecified atom stereocenters. The van der Waals surface area contributed by atoms with Crippen molar-refractivity contribution in [1.82, 2.24) is 0 Å². The first-order chi connectivity index (χ1) is 7.79. The fourth-order valence-electron chi connectivity index (χ4n) is 1.89. The second-order valence-electron chi connectivity index (χ2n) is 4.37. The van der Waals surface area contributed by atoms with Crippen LogP contribution in [0.2, 0.25) is 5.02 Å². The monoisotopic (exact) mass is 264 g/mol. The van der Waals surface area contributed by atoms with Gasteiger partial charge in [0.25, 0.3) is 0 Å². The van der Waals surface area contributed by atoms with Gasteiger partial charge in [-0.25, -0.2) is 0 Å². The van der Waals surface area contributed by atoms with Crippen LogP contribution in [0.3, 0.4) is 0 Å². The molecule has 0 aromatic heterocycles. The Morgan fingerprint density at radius 3 is 2.29 bits per heavy atom. The standard InChI is InChI=1S/C13H16ClF3/c1-4-8(2)9(3)12-10(13(15,16)17)6-5-7-11(12)14/h5-9H,4H2,1-3H3. The van der Waals surface area contributed by atoms with Gasteiger partial charge in [0.15, 0.2) is 0 Å². The third kappa shape index (κ3) is 3.15. The third-order valence-electron chi connectivity index (χ3n) is 3.31. The van der Waals surface area contributed by atoms with Crippen molar-refractivity contribution in [1.29, 1.82) is 0 Å². The van der Waals surface area contributed by atoms with Gasteiger partial charge in [0.05, 0.1) is 5.56 Å². The Hall–Kier alpha value is -0.700. The Kier molecular flexibility index (Phi) is 4.48. The molecule has 17 heavy (non-hydrogen) atoms. The number of rotatable bonds is 3. The van der Waals surface area contributed by atoms with Gasteiger partial charge in [-0.1, -0.05) is 44.9 Å². The lowest BCUT2D eigenvalue weighted by molar-refractivity contribution is -0.138. The number of halogens is 4. The fraction of sp³-hybridized carbons (Fsp3) is 0.538. The molecule has 0 N–H and O–H groups in total. The van der Waals surface area contributed by atoms with Crippen molar-refractivity contribution in [2.75, 3.05) is 0 Å². The number of hydrogen-bond donors (Lipinski definition) is 0. The van der Waals surface area contributed by atoms with Crippen molar-refractivity contribution in [3.63, 3.8) is 0 Å². The van der Waals surface area contributed by atoms with Gasteiger partial charge < -0.3 is 0 Å². The van der Waals surface area contributed by atoms with Gasteiger partial charge in [-0.3, -0.25) is 0 Å². The first kappa shape index (κ1) is 14.4. The first-order valence-corrected chi connectivity index (χ1v) is 6.02. The van der Waals surface area contributed by atoms with Crippen molar-refractivity contribution < 1.29 is 13.2 Å². The van der Waals surface area contributed by atoms with Crippen LogP contribution < -0.4 is 0 Å². The molecular formula is C13H16ClF3. The highest BCUT2D eigenvalue weighted by atomic mass is 35.5. The van der Waals surface area contributed by atoms with Gasteiger partial charge >= 0.3 is 6.18 Å². The minimum atomic E-state index is -4.35. The summed E-state index contributed by atoms with van der Waals surface area (Å²) < 4.78 is 38.7. The predicted octanol–water partition coefficient (Wildman–Crippen LogP) is 5.51. The first-order valence-electron chi connectivity index (χ1n) is 5.64. The van der Waals surface area contributed by atoms with Gasteiger partial charge in [-0.15, -0.1) is 0 Å². The second-order valence-corrected chi connectivity index (χ2v) is 4.78. The molecule has 1 rings (SSSR count). The smallest absolute Gasteiger partial charge is 0.166 e. The minimum Gasteiger partial charge on any atom is -0.166 e. The van der Waals surface area contributed by atoms with Crippen molar-refractivity contribution >= 4 is 11.6 Å². The molecule has 0 fully saturated rings. The van der Waals surface area contributed by atoms with Gasteiger partial charge in [-0.05, 0) is 29.5 Å². The molecule has 1 aromatic rings. The van der Waals surface area contributed by atoms with E-state index in [4.69, 9.17) is 11.6 Å². The maximum absolute atomic E-state index is 12.9. The van der Waals surface area contributed by atoms with E-state index in [1.54, 1.807) is 6.92 Å². The van der Waals surface area contributed by atoms with Gasteiger partial charge in [-0.2, -0.15) is 13.2 Å². The SMILES string of the molecule is CCC(C)C(C)c1c(Cl)cccc1C(F)(F)F. The van der Waals surface area contributed by atoms with Crippen LogP contribution in [-0.2, 0) is 6.18 Å². The van der Waals surface area contributed by atoms with E-state index in [0.29, 0.717) is 0 Å². The van der Waals surface area contributed by atoms with Crippen LogP contribution in [0.1, 0.15) is 44.2 Å². The molecule has 0 amide bonds. The van der Waals surface area contributed by atoms with Crippen molar-refractivity contribution in [3.8, 4) is 0 Å². The summed E-state index contributed by atoms with van der Waals surface area (Å²) in [6, 6.07) is 3.96. The lowest BCUT2D eigenvalue weighted by Crippen LogP contribution is -2.15. The Bertz CT molecular complexity index is 385. The molecule has 0 saturated heterocycles. The Labute approximate surface area is 105 Å². The molecule has 0 bridgehead atoms. The Morgan fingerprint density at radius 1 is 1.24 bits per heavy atom. The molecule has 1 aromatic carbocycles. The van der Waals surface area contributed by atoms with E-state index >= 15 is 0 Å². The summed E-state index contributed by atoms with van der Waals surface area (Å²) in [7, 11) is 0. The summed E-state index contributed by atoms with van der Waals surface area (Å²) in [6.45, 7) is 5.70. The zero-order chi connectivity index (χ0) is 13.2. The Morgan fingerprint density at radius 2 is 1.82 bits per heavy atom. The highest BCUT2D eigenvalue weighted by Gasteiger charge is 2.36. The average molecular weight is 265 g/mol. The van der Waals surface area contributed by atoms with Crippen molar-refractivity contribution in [2.45, 2.75) is 39.3 Å². The van der Waals surface area contributed by atoms with E-state index in [1.807, 2.05) is 13.8 Å². The van der Waals surface area contributed by atoms with E-state index in [2.05, 4.69) is 0 Å². The maximum atomic E-state index is 12.9. The van der Waals surface area contributed by atoms with Crippen LogP contribution in [0.4, 0.5) is 13.2 Å². The van der Waals surface area contributed by atoms with E-state index in [9.17, 15) is 13.2 Å². The molecule has 0 nitrogen and oxygen atoms in total. The molecule has 2 atom stereocenters. The lowest BCUT2D eigenvalue weighted by Gasteiger charge is -2.24. The lowest BCUT2D eigenvalue weighted by atomic mass is 9.84. The van der Waals surface area contributed by atoms with Crippen LogP contribution in [0.15, 0.2) is 18.2 Å². The molecule has 0 aliphatic heterocycles. The topological polar surface area (TPSA) is 0 Å². The molecule has 4 heteroatoms. The van der Waals surface area contributed by atoms with Crippen LogP contribution >= 0.6 is 11.6 Å². The van der Waals surface area contributed by atoms with Gasteiger partial charge in [0.1, 0.15) is 0 Å². The second kappa shape index (κ2) is 5.30. The zero-order valence-electron chi connectivity index (χ0n) is 10.1. The molecule has 0 radical (unpaired) electrons. The quantitative estimate of drug-likeness (QED) is 0.675. The van der Waals surface area contributed by atoms with E-state index < -0.39 is 11.7 Å². The molecule has 0 saturated carbocycles. The van der Waals surface area contributed by atoms with E-state index in [0.717, 1.165) is 12.5 Å². The summed E-state index contributed by atoms with van der Waals surface area (Å²) >= 11 is 5.93. The normalized spacial score (nSPS) is 15.7. The fourth-order valence-corrected chi connectivity index (χ4v) is 2.23. The van der Waals surface area contributed by atoms with Crippen LogP contribution in [-0.4, -0.2) is 0 Å². The minimum absolute atomic E-state index is 0.163. The molecule has 0 heterocycles. The molecule has 0 aliphatic carbocycles. The highest BCUT2D eigenvalue weighted by Crippen LogP contribution is 2.41. The number of benzene rings is 1. The average Bonchev–Trinajstić information content (AvgIpc) is 2.25. The van der Waals surface area contributed by atoms with Gasteiger partial charge in [0, 0.05) is 5.02 Å². The predicted molar refractivity (Wildman–Crippen MR) is 64.3 cm³/mol.